The van der Waals surface area contributed by atoms with Crippen LogP contribution in [-0.4, -0.2) is 5.79 Å². The molecule has 0 spiro atoms. The van der Waals surface area contributed by atoms with Gasteiger partial charge in [0.05, 0.1) is 0 Å². The number of nitrogens with one attached hydrogen (secondary N) is 1. The van der Waals surface area contributed by atoms with Crippen LogP contribution in [0.4, 0.5) is 5.69 Å². The molecule has 0 saturated carbocycles. The summed E-state index contributed by atoms with van der Waals surface area (Å²) >= 11 is 6.04. The molecular formula is C17H18ClNO2. The van der Waals surface area contributed by atoms with Crippen molar-refractivity contribution in [3.63, 3.8) is 0 Å². The quantitative estimate of drug-likeness (QED) is 0.863. The third-order valence-electron chi connectivity index (χ3n) is 3.39. The largest absolute Gasteiger partial charge is 0.449 e. The van der Waals surface area contributed by atoms with Crippen LogP contribution in [0.1, 0.15) is 32.4 Å². The second-order valence-electron chi connectivity index (χ2n) is 5.69. The van der Waals surface area contributed by atoms with Crippen molar-refractivity contribution in [2.24, 2.45) is 0 Å². The summed E-state index contributed by atoms with van der Waals surface area (Å²) in [5.41, 5.74) is 2.13. The minimum Gasteiger partial charge on any atom is -0.449 e. The van der Waals surface area contributed by atoms with Crippen LogP contribution in [0, 0.1) is 0 Å². The third kappa shape index (κ3) is 3.08. The minimum absolute atomic E-state index is 0.150. The SMILES string of the molecule is CC(Nc1ccc2c(c1)OC(C)(C)O2)c1cccc(Cl)c1. The molecule has 1 heterocycles. The first-order valence-electron chi connectivity index (χ1n) is 6.97. The number of hydrogen-bond donors (Lipinski definition) is 1. The molecule has 1 aliphatic rings. The zero-order valence-corrected chi connectivity index (χ0v) is 13.1. The van der Waals surface area contributed by atoms with Crippen molar-refractivity contribution < 1.29 is 9.47 Å². The maximum absolute atomic E-state index is 6.04. The van der Waals surface area contributed by atoms with Crippen molar-refractivity contribution >= 4 is 17.3 Å². The van der Waals surface area contributed by atoms with Gasteiger partial charge in [0.2, 0.25) is 5.79 Å². The van der Waals surface area contributed by atoms with Crippen LogP contribution in [-0.2, 0) is 0 Å². The Kier molecular flexibility index (Phi) is 3.46. The van der Waals surface area contributed by atoms with Crippen LogP contribution in [0.25, 0.3) is 0 Å². The maximum Gasteiger partial charge on any atom is 0.246 e. The lowest BCUT2D eigenvalue weighted by Gasteiger charge is -2.16. The molecule has 1 unspecified atom stereocenters. The normalized spacial score (nSPS) is 16.6. The van der Waals surface area contributed by atoms with Crippen molar-refractivity contribution in [3.8, 4) is 11.5 Å². The van der Waals surface area contributed by atoms with Crippen molar-refractivity contribution in [1.82, 2.24) is 0 Å². The van der Waals surface area contributed by atoms with E-state index in [9.17, 15) is 0 Å². The Balaban J connectivity index is 1.77. The molecule has 21 heavy (non-hydrogen) atoms. The van der Waals surface area contributed by atoms with Gasteiger partial charge in [-0.25, -0.2) is 0 Å². The van der Waals surface area contributed by atoms with Gasteiger partial charge in [-0.2, -0.15) is 0 Å². The average Bonchev–Trinajstić information content (AvgIpc) is 2.72. The van der Waals surface area contributed by atoms with E-state index in [0.717, 1.165) is 27.8 Å². The van der Waals surface area contributed by atoms with E-state index in [0.29, 0.717) is 0 Å². The summed E-state index contributed by atoms with van der Waals surface area (Å²) in [6, 6.07) is 13.9. The van der Waals surface area contributed by atoms with Crippen LogP contribution in [0.5, 0.6) is 11.5 Å². The van der Waals surface area contributed by atoms with Crippen LogP contribution < -0.4 is 14.8 Å². The molecule has 110 valence electrons. The topological polar surface area (TPSA) is 30.5 Å². The highest BCUT2D eigenvalue weighted by molar-refractivity contribution is 6.30. The molecule has 0 amide bonds. The molecule has 1 N–H and O–H groups in total. The minimum atomic E-state index is -0.598. The van der Waals surface area contributed by atoms with Crippen molar-refractivity contribution in [2.45, 2.75) is 32.6 Å². The number of ether oxygens (including phenoxy) is 2. The molecule has 3 nitrogen and oxygen atoms in total. The summed E-state index contributed by atoms with van der Waals surface area (Å²) in [5, 5.41) is 4.19. The van der Waals surface area contributed by atoms with E-state index in [-0.39, 0.29) is 6.04 Å². The fourth-order valence-electron chi connectivity index (χ4n) is 2.42. The predicted molar refractivity (Wildman–Crippen MR) is 85.3 cm³/mol. The standard InChI is InChI=1S/C17H18ClNO2/c1-11(12-5-4-6-13(18)9-12)19-14-7-8-15-16(10-14)21-17(2,3)20-15/h4-11,19H,1-3H3. The first-order chi connectivity index (χ1) is 9.93. The third-order valence-corrected chi connectivity index (χ3v) is 3.62. The van der Waals surface area contributed by atoms with Crippen molar-refractivity contribution in [1.29, 1.82) is 0 Å². The molecule has 2 aromatic carbocycles. The van der Waals surface area contributed by atoms with Gasteiger partial charge in [-0.05, 0) is 36.8 Å². The molecule has 0 aromatic heterocycles. The van der Waals surface area contributed by atoms with Gasteiger partial charge in [-0.15, -0.1) is 0 Å². The Morgan fingerprint density at radius 1 is 1.05 bits per heavy atom. The Labute approximate surface area is 129 Å². The molecular weight excluding hydrogens is 286 g/mol. The monoisotopic (exact) mass is 303 g/mol. The van der Waals surface area contributed by atoms with E-state index in [1.807, 2.05) is 50.2 Å². The van der Waals surface area contributed by atoms with Crippen LogP contribution >= 0.6 is 11.6 Å². The van der Waals surface area contributed by atoms with E-state index < -0.39 is 5.79 Å². The van der Waals surface area contributed by atoms with E-state index in [4.69, 9.17) is 21.1 Å². The summed E-state index contributed by atoms with van der Waals surface area (Å²) in [7, 11) is 0. The van der Waals surface area contributed by atoms with Gasteiger partial charge in [-0.3, -0.25) is 0 Å². The molecule has 4 heteroatoms. The second kappa shape index (κ2) is 5.15. The number of rotatable bonds is 3. The van der Waals surface area contributed by atoms with E-state index in [1.165, 1.54) is 0 Å². The molecule has 0 radical (unpaired) electrons. The van der Waals surface area contributed by atoms with Gasteiger partial charge >= 0.3 is 0 Å². The summed E-state index contributed by atoms with van der Waals surface area (Å²) in [6.45, 7) is 5.89. The van der Waals surface area contributed by atoms with Crippen molar-refractivity contribution in [3.05, 3.63) is 53.1 Å². The molecule has 0 saturated heterocycles. The molecule has 1 atom stereocenters. The highest BCUT2D eigenvalue weighted by Crippen LogP contribution is 2.41. The zero-order chi connectivity index (χ0) is 15.0. The van der Waals surface area contributed by atoms with Gasteiger partial charge in [0.25, 0.3) is 0 Å². The summed E-state index contributed by atoms with van der Waals surface area (Å²) < 4.78 is 11.4. The zero-order valence-electron chi connectivity index (χ0n) is 12.3. The molecule has 0 aliphatic carbocycles. The molecule has 0 bridgehead atoms. The summed E-state index contributed by atoms with van der Waals surface area (Å²) in [4.78, 5) is 0. The number of anilines is 1. The Hall–Kier alpha value is -1.87. The number of hydrogen-bond acceptors (Lipinski definition) is 3. The predicted octanol–water partition coefficient (Wildman–Crippen LogP) is 5.02. The summed E-state index contributed by atoms with van der Waals surface area (Å²) in [6.07, 6.45) is 0. The number of halogens is 1. The molecule has 3 rings (SSSR count). The van der Waals surface area contributed by atoms with Gasteiger partial charge in [0, 0.05) is 36.7 Å². The first-order valence-corrected chi connectivity index (χ1v) is 7.35. The fourth-order valence-corrected chi connectivity index (χ4v) is 2.62. The lowest BCUT2D eigenvalue weighted by atomic mass is 10.1. The second-order valence-corrected chi connectivity index (χ2v) is 6.12. The summed E-state index contributed by atoms with van der Waals surface area (Å²) in [5.74, 6) is 0.948. The van der Waals surface area contributed by atoms with Crippen LogP contribution in [0.3, 0.4) is 0 Å². The van der Waals surface area contributed by atoms with E-state index >= 15 is 0 Å². The molecule has 0 fully saturated rings. The van der Waals surface area contributed by atoms with Gasteiger partial charge in [0.1, 0.15) is 0 Å². The van der Waals surface area contributed by atoms with E-state index in [2.05, 4.69) is 18.3 Å². The average molecular weight is 304 g/mol. The highest BCUT2D eigenvalue weighted by Gasteiger charge is 2.31. The Bertz CT molecular complexity index is 670. The first kappa shape index (κ1) is 14.1. The fraction of sp³-hybridized carbons (Fsp3) is 0.294. The Morgan fingerprint density at radius 3 is 2.57 bits per heavy atom. The smallest absolute Gasteiger partial charge is 0.246 e. The van der Waals surface area contributed by atoms with Gasteiger partial charge in [-0.1, -0.05) is 23.7 Å². The van der Waals surface area contributed by atoms with Crippen molar-refractivity contribution in [2.75, 3.05) is 5.32 Å². The van der Waals surface area contributed by atoms with Crippen LogP contribution in [0.2, 0.25) is 5.02 Å². The lowest BCUT2D eigenvalue weighted by Crippen LogP contribution is -2.29. The maximum atomic E-state index is 6.04. The van der Waals surface area contributed by atoms with Gasteiger partial charge in [0.15, 0.2) is 11.5 Å². The Morgan fingerprint density at radius 2 is 1.81 bits per heavy atom. The van der Waals surface area contributed by atoms with Crippen LogP contribution in [0.15, 0.2) is 42.5 Å². The molecule has 1 aliphatic heterocycles. The molecule has 2 aromatic rings. The highest BCUT2D eigenvalue weighted by atomic mass is 35.5. The number of fused-ring (bicyclic) bond motifs is 1. The van der Waals surface area contributed by atoms with E-state index in [1.54, 1.807) is 0 Å². The van der Waals surface area contributed by atoms with Gasteiger partial charge < -0.3 is 14.8 Å². The number of benzene rings is 2. The lowest BCUT2D eigenvalue weighted by molar-refractivity contribution is -0.0431.